The maximum absolute atomic E-state index is 13.2. The first-order valence-corrected chi connectivity index (χ1v) is 7.51. The predicted molar refractivity (Wildman–Crippen MR) is 84.0 cm³/mol. The summed E-state index contributed by atoms with van der Waals surface area (Å²) in [5, 5.41) is 4.06. The van der Waals surface area contributed by atoms with E-state index in [1.165, 1.54) is 0 Å². The van der Waals surface area contributed by atoms with Gasteiger partial charge in [-0.25, -0.2) is 13.8 Å². The SMILES string of the molecule is CNc1cnc2c(c1)c(C#CC1CCC(F)(F)CC1)cn2C. The van der Waals surface area contributed by atoms with Gasteiger partial charge < -0.3 is 9.88 Å². The lowest BCUT2D eigenvalue weighted by Gasteiger charge is -2.24. The van der Waals surface area contributed by atoms with Crippen LogP contribution in [0.1, 0.15) is 31.2 Å². The Morgan fingerprint density at radius 2 is 2.09 bits per heavy atom. The van der Waals surface area contributed by atoms with Crippen LogP contribution in [0.4, 0.5) is 14.5 Å². The zero-order chi connectivity index (χ0) is 15.7. The fraction of sp³-hybridized carbons (Fsp3) is 0.471. The molecule has 1 saturated carbocycles. The molecule has 3 rings (SSSR count). The van der Waals surface area contributed by atoms with Gasteiger partial charge in [0.25, 0.3) is 0 Å². The number of fused-ring (bicyclic) bond motifs is 1. The quantitative estimate of drug-likeness (QED) is 0.812. The van der Waals surface area contributed by atoms with E-state index in [9.17, 15) is 8.78 Å². The van der Waals surface area contributed by atoms with Gasteiger partial charge in [0.2, 0.25) is 5.92 Å². The molecule has 0 saturated heterocycles. The molecule has 1 N–H and O–H groups in total. The lowest BCUT2D eigenvalue weighted by Crippen LogP contribution is -2.23. The van der Waals surface area contributed by atoms with E-state index in [0.29, 0.717) is 12.8 Å². The van der Waals surface area contributed by atoms with Gasteiger partial charge in [0.1, 0.15) is 5.65 Å². The highest BCUT2D eigenvalue weighted by atomic mass is 19.3. The third-order valence-corrected chi connectivity index (χ3v) is 4.23. The van der Waals surface area contributed by atoms with Crippen molar-refractivity contribution in [2.45, 2.75) is 31.6 Å². The lowest BCUT2D eigenvalue weighted by molar-refractivity contribution is -0.0402. The monoisotopic (exact) mass is 303 g/mol. The Hall–Kier alpha value is -2.09. The van der Waals surface area contributed by atoms with Crippen LogP contribution in [-0.2, 0) is 7.05 Å². The molecule has 0 unspecified atom stereocenters. The molecule has 0 radical (unpaired) electrons. The van der Waals surface area contributed by atoms with Crippen LogP contribution >= 0.6 is 0 Å². The number of rotatable bonds is 1. The number of hydrogen-bond donors (Lipinski definition) is 1. The first-order chi connectivity index (χ1) is 10.5. The van der Waals surface area contributed by atoms with E-state index in [1.807, 2.05) is 30.9 Å². The second-order valence-electron chi connectivity index (χ2n) is 5.90. The third-order valence-electron chi connectivity index (χ3n) is 4.23. The molecule has 1 aliphatic rings. The molecule has 5 heteroatoms. The van der Waals surface area contributed by atoms with E-state index in [-0.39, 0.29) is 18.8 Å². The number of anilines is 1. The number of halogens is 2. The average molecular weight is 303 g/mol. The van der Waals surface area contributed by atoms with Gasteiger partial charge in [0.05, 0.1) is 17.4 Å². The lowest BCUT2D eigenvalue weighted by atomic mass is 9.87. The van der Waals surface area contributed by atoms with Crippen LogP contribution in [0.5, 0.6) is 0 Å². The Morgan fingerprint density at radius 3 is 2.77 bits per heavy atom. The zero-order valence-electron chi connectivity index (χ0n) is 12.8. The second-order valence-corrected chi connectivity index (χ2v) is 5.90. The van der Waals surface area contributed by atoms with Crippen molar-refractivity contribution < 1.29 is 8.78 Å². The summed E-state index contributed by atoms with van der Waals surface area (Å²) >= 11 is 0. The number of pyridine rings is 1. The largest absolute Gasteiger partial charge is 0.387 e. The number of hydrogen-bond acceptors (Lipinski definition) is 2. The summed E-state index contributed by atoms with van der Waals surface area (Å²) in [5.74, 6) is 3.92. The van der Waals surface area contributed by atoms with Crippen molar-refractivity contribution in [3.63, 3.8) is 0 Å². The van der Waals surface area contributed by atoms with Gasteiger partial charge in [-0.2, -0.15) is 0 Å². The minimum atomic E-state index is -2.50. The Labute approximate surface area is 128 Å². The molecular formula is C17H19F2N3. The standard InChI is InChI=1S/C17H19F2N3/c1-20-14-9-15-13(11-22(2)16(15)21-10-14)4-3-12-5-7-17(18,19)8-6-12/h9-12,20H,5-8H2,1-2H3. The van der Waals surface area contributed by atoms with E-state index in [2.05, 4.69) is 22.1 Å². The number of aryl methyl sites for hydroxylation is 1. The average Bonchev–Trinajstić information content (AvgIpc) is 2.82. The van der Waals surface area contributed by atoms with Crippen LogP contribution in [0.2, 0.25) is 0 Å². The number of nitrogens with one attached hydrogen (secondary N) is 1. The summed E-state index contributed by atoms with van der Waals surface area (Å²) < 4.78 is 28.3. The topological polar surface area (TPSA) is 29.9 Å². The molecule has 2 aromatic rings. The van der Waals surface area contributed by atoms with E-state index >= 15 is 0 Å². The van der Waals surface area contributed by atoms with Crippen LogP contribution < -0.4 is 5.32 Å². The molecule has 3 nitrogen and oxygen atoms in total. The molecule has 0 atom stereocenters. The Balaban J connectivity index is 1.87. The van der Waals surface area contributed by atoms with Crippen LogP contribution in [0, 0.1) is 17.8 Å². The minimum Gasteiger partial charge on any atom is -0.387 e. The Bertz CT molecular complexity index is 742. The molecule has 0 amide bonds. The van der Waals surface area contributed by atoms with Gasteiger partial charge in [0.15, 0.2) is 0 Å². The van der Waals surface area contributed by atoms with Gasteiger partial charge in [-0.1, -0.05) is 11.8 Å². The smallest absolute Gasteiger partial charge is 0.248 e. The summed E-state index contributed by atoms with van der Waals surface area (Å²) in [6.07, 6.45) is 4.58. The van der Waals surface area contributed by atoms with Crippen molar-refractivity contribution in [2.75, 3.05) is 12.4 Å². The first kappa shape index (κ1) is 14.8. The molecule has 0 spiro atoms. The molecule has 22 heavy (non-hydrogen) atoms. The second kappa shape index (κ2) is 5.60. The molecule has 0 bridgehead atoms. The molecule has 116 valence electrons. The van der Waals surface area contributed by atoms with Crippen molar-refractivity contribution in [3.05, 3.63) is 24.0 Å². The summed E-state index contributed by atoms with van der Waals surface area (Å²) in [6.45, 7) is 0. The molecule has 0 aromatic carbocycles. The molecule has 1 aliphatic carbocycles. The van der Waals surface area contributed by atoms with Gasteiger partial charge >= 0.3 is 0 Å². The van der Waals surface area contributed by atoms with Crippen LogP contribution in [-0.4, -0.2) is 22.5 Å². The normalized spacial score (nSPS) is 18.0. The summed E-state index contributed by atoms with van der Waals surface area (Å²) in [5.41, 5.74) is 2.71. The van der Waals surface area contributed by atoms with Gasteiger partial charge in [0, 0.05) is 44.4 Å². The van der Waals surface area contributed by atoms with Crippen molar-refractivity contribution >= 4 is 16.7 Å². The fourth-order valence-electron chi connectivity index (χ4n) is 2.86. The molecule has 2 heterocycles. The zero-order valence-corrected chi connectivity index (χ0v) is 12.8. The highest BCUT2D eigenvalue weighted by Gasteiger charge is 2.34. The molecular weight excluding hydrogens is 284 g/mol. The van der Waals surface area contributed by atoms with Crippen molar-refractivity contribution in [1.29, 1.82) is 0 Å². The van der Waals surface area contributed by atoms with Gasteiger partial charge in [-0.15, -0.1) is 0 Å². The predicted octanol–water partition coefficient (Wildman–Crippen LogP) is 3.79. The highest BCUT2D eigenvalue weighted by molar-refractivity contribution is 5.86. The summed E-state index contributed by atoms with van der Waals surface area (Å²) in [7, 11) is 3.78. The maximum Gasteiger partial charge on any atom is 0.248 e. The van der Waals surface area contributed by atoms with Crippen molar-refractivity contribution in [2.24, 2.45) is 13.0 Å². The molecule has 2 aromatic heterocycles. The molecule has 0 aliphatic heterocycles. The third kappa shape index (κ3) is 2.92. The number of alkyl halides is 2. The highest BCUT2D eigenvalue weighted by Crippen LogP contribution is 2.35. The number of nitrogens with zero attached hydrogens (tertiary/aromatic N) is 2. The summed E-state index contributed by atoms with van der Waals surface area (Å²) in [4.78, 5) is 4.42. The van der Waals surface area contributed by atoms with E-state index in [1.54, 1.807) is 6.20 Å². The van der Waals surface area contributed by atoms with E-state index < -0.39 is 5.92 Å². The van der Waals surface area contributed by atoms with Crippen molar-refractivity contribution in [1.82, 2.24) is 9.55 Å². The fourth-order valence-corrected chi connectivity index (χ4v) is 2.86. The minimum absolute atomic E-state index is 0.0483. The Morgan fingerprint density at radius 1 is 1.36 bits per heavy atom. The summed E-state index contributed by atoms with van der Waals surface area (Å²) in [6, 6.07) is 2.02. The van der Waals surface area contributed by atoms with Gasteiger partial charge in [-0.05, 0) is 18.9 Å². The van der Waals surface area contributed by atoms with Crippen molar-refractivity contribution in [3.8, 4) is 11.8 Å². The number of aromatic nitrogens is 2. The maximum atomic E-state index is 13.2. The van der Waals surface area contributed by atoms with E-state index in [0.717, 1.165) is 22.3 Å². The van der Waals surface area contributed by atoms with Crippen LogP contribution in [0.15, 0.2) is 18.5 Å². The Kier molecular flexibility index (Phi) is 3.78. The van der Waals surface area contributed by atoms with E-state index in [4.69, 9.17) is 0 Å². The first-order valence-electron chi connectivity index (χ1n) is 7.51. The molecule has 1 fully saturated rings. The van der Waals surface area contributed by atoms with Crippen LogP contribution in [0.25, 0.3) is 11.0 Å². The van der Waals surface area contributed by atoms with Gasteiger partial charge in [-0.3, -0.25) is 0 Å². The van der Waals surface area contributed by atoms with Crippen LogP contribution in [0.3, 0.4) is 0 Å².